The van der Waals surface area contributed by atoms with E-state index in [1.54, 1.807) is 11.8 Å². The Morgan fingerprint density at radius 1 is 1.37 bits per heavy atom. The van der Waals surface area contributed by atoms with Crippen molar-refractivity contribution in [2.24, 2.45) is 7.05 Å². The minimum Gasteiger partial charge on any atom is -0.497 e. The fourth-order valence-corrected chi connectivity index (χ4v) is 1.92. The Morgan fingerprint density at radius 2 is 2.16 bits per heavy atom. The van der Waals surface area contributed by atoms with Crippen LogP contribution in [-0.4, -0.2) is 16.9 Å². The molecule has 0 atom stereocenters. The number of benzene rings is 1. The number of methoxy groups -OCH3 is 1. The molecule has 0 aliphatic carbocycles. The molecule has 0 fully saturated rings. The number of aryl methyl sites for hydroxylation is 2. The van der Waals surface area contributed by atoms with E-state index in [0.29, 0.717) is 18.2 Å². The molecule has 1 aromatic heterocycles. The van der Waals surface area contributed by atoms with Gasteiger partial charge in [0.05, 0.1) is 12.8 Å². The molecule has 5 heteroatoms. The normalized spacial score (nSPS) is 10.5. The van der Waals surface area contributed by atoms with Crippen molar-refractivity contribution in [3.8, 4) is 11.6 Å². The first-order chi connectivity index (χ1) is 9.15. The average Bonchev–Trinajstić information content (AvgIpc) is 2.71. The molecule has 0 unspecified atom stereocenters. The van der Waals surface area contributed by atoms with Crippen molar-refractivity contribution >= 4 is 5.69 Å². The lowest BCUT2D eigenvalue weighted by atomic mass is 10.2. The quantitative estimate of drug-likeness (QED) is 0.895. The first-order valence-electron chi connectivity index (χ1n) is 6.22. The number of hydrogen-bond donors (Lipinski definition) is 1. The summed E-state index contributed by atoms with van der Waals surface area (Å²) >= 11 is 0. The molecule has 0 bridgehead atoms. The Hall–Kier alpha value is -2.17. The van der Waals surface area contributed by atoms with E-state index in [0.717, 1.165) is 23.4 Å². The lowest BCUT2D eigenvalue weighted by Gasteiger charge is -2.08. The highest BCUT2D eigenvalue weighted by Gasteiger charge is 2.13. The Bertz CT molecular complexity index is 564. The number of anilines is 1. The van der Waals surface area contributed by atoms with Crippen LogP contribution in [0, 0.1) is 0 Å². The van der Waals surface area contributed by atoms with Gasteiger partial charge in [0.15, 0.2) is 0 Å². The maximum absolute atomic E-state index is 6.00. The van der Waals surface area contributed by atoms with E-state index in [1.807, 2.05) is 38.2 Å². The molecule has 0 radical (unpaired) electrons. The van der Waals surface area contributed by atoms with Gasteiger partial charge in [-0.3, -0.25) is 0 Å². The van der Waals surface area contributed by atoms with Crippen LogP contribution in [0.4, 0.5) is 5.69 Å². The highest BCUT2D eigenvalue weighted by Crippen LogP contribution is 2.26. The van der Waals surface area contributed by atoms with Crippen LogP contribution in [0.1, 0.15) is 18.2 Å². The van der Waals surface area contributed by atoms with Gasteiger partial charge in [-0.15, -0.1) is 0 Å². The summed E-state index contributed by atoms with van der Waals surface area (Å²) in [5.74, 6) is 1.42. The molecule has 1 aromatic carbocycles. The third kappa shape index (κ3) is 2.81. The monoisotopic (exact) mass is 261 g/mol. The fourth-order valence-electron chi connectivity index (χ4n) is 1.92. The van der Waals surface area contributed by atoms with Gasteiger partial charge in [-0.25, -0.2) is 4.68 Å². The van der Waals surface area contributed by atoms with Crippen molar-refractivity contribution in [3.05, 3.63) is 35.5 Å². The molecule has 102 valence electrons. The summed E-state index contributed by atoms with van der Waals surface area (Å²) in [4.78, 5) is 0. The number of aromatic nitrogens is 2. The summed E-state index contributed by atoms with van der Waals surface area (Å²) in [5.41, 5.74) is 8.51. The number of nitrogens with zero attached hydrogens (tertiary/aromatic N) is 2. The standard InChI is InChI=1S/C14H19N3O2/c1-4-12-13(15)14(17(2)16-12)19-9-10-6-5-7-11(8-10)18-3/h5-8H,4,9,15H2,1-3H3. The summed E-state index contributed by atoms with van der Waals surface area (Å²) < 4.78 is 12.6. The van der Waals surface area contributed by atoms with Gasteiger partial charge < -0.3 is 15.2 Å². The molecule has 19 heavy (non-hydrogen) atoms. The molecule has 0 amide bonds. The van der Waals surface area contributed by atoms with Crippen LogP contribution in [-0.2, 0) is 20.1 Å². The van der Waals surface area contributed by atoms with Gasteiger partial charge in [-0.1, -0.05) is 19.1 Å². The highest BCUT2D eigenvalue weighted by atomic mass is 16.5. The Balaban J connectivity index is 2.12. The van der Waals surface area contributed by atoms with Crippen molar-refractivity contribution in [2.75, 3.05) is 12.8 Å². The second kappa shape index (κ2) is 5.65. The predicted molar refractivity (Wildman–Crippen MR) is 74.3 cm³/mol. The third-order valence-corrected chi connectivity index (χ3v) is 2.95. The van der Waals surface area contributed by atoms with E-state index in [4.69, 9.17) is 15.2 Å². The lowest BCUT2D eigenvalue weighted by Crippen LogP contribution is -2.02. The minimum absolute atomic E-state index is 0.435. The number of nitrogen functional groups attached to an aromatic ring is 1. The number of rotatable bonds is 5. The van der Waals surface area contributed by atoms with Crippen LogP contribution in [0.25, 0.3) is 0 Å². The van der Waals surface area contributed by atoms with Gasteiger partial charge in [-0.05, 0) is 24.1 Å². The van der Waals surface area contributed by atoms with Crippen molar-refractivity contribution < 1.29 is 9.47 Å². The second-order valence-corrected chi connectivity index (χ2v) is 4.28. The molecule has 0 aliphatic rings. The lowest BCUT2D eigenvalue weighted by molar-refractivity contribution is 0.279. The maximum atomic E-state index is 6.00. The van der Waals surface area contributed by atoms with E-state index in [9.17, 15) is 0 Å². The summed E-state index contributed by atoms with van der Waals surface area (Å²) in [6.07, 6.45) is 0.794. The number of ether oxygens (including phenoxy) is 2. The molecule has 5 nitrogen and oxygen atoms in total. The predicted octanol–water partition coefficient (Wildman–Crippen LogP) is 2.15. The molecular weight excluding hydrogens is 242 g/mol. The van der Waals surface area contributed by atoms with Crippen LogP contribution in [0.2, 0.25) is 0 Å². The Labute approximate surface area is 112 Å². The van der Waals surface area contributed by atoms with Crippen LogP contribution < -0.4 is 15.2 Å². The zero-order valence-corrected chi connectivity index (χ0v) is 11.5. The van der Waals surface area contributed by atoms with Crippen molar-refractivity contribution in [1.29, 1.82) is 0 Å². The number of nitrogens with two attached hydrogens (primary N) is 1. The molecule has 0 saturated heterocycles. The molecule has 1 heterocycles. The van der Waals surface area contributed by atoms with E-state index < -0.39 is 0 Å². The Morgan fingerprint density at radius 3 is 2.79 bits per heavy atom. The zero-order chi connectivity index (χ0) is 13.8. The van der Waals surface area contributed by atoms with Gasteiger partial charge in [0.2, 0.25) is 5.88 Å². The van der Waals surface area contributed by atoms with Crippen molar-refractivity contribution in [1.82, 2.24) is 9.78 Å². The van der Waals surface area contributed by atoms with Gasteiger partial charge in [0.1, 0.15) is 18.0 Å². The molecule has 0 aliphatic heterocycles. The van der Waals surface area contributed by atoms with E-state index in [-0.39, 0.29) is 0 Å². The van der Waals surface area contributed by atoms with E-state index in [1.165, 1.54) is 0 Å². The van der Waals surface area contributed by atoms with Crippen LogP contribution in [0.3, 0.4) is 0 Å². The summed E-state index contributed by atoms with van der Waals surface area (Å²) in [7, 11) is 3.48. The fraction of sp³-hybridized carbons (Fsp3) is 0.357. The first-order valence-corrected chi connectivity index (χ1v) is 6.22. The zero-order valence-electron chi connectivity index (χ0n) is 11.5. The molecule has 0 spiro atoms. The molecule has 2 N–H and O–H groups in total. The largest absolute Gasteiger partial charge is 0.497 e. The molecule has 0 saturated carbocycles. The highest BCUT2D eigenvalue weighted by molar-refractivity contribution is 5.53. The topological polar surface area (TPSA) is 62.3 Å². The van der Waals surface area contributed by atoms with Crippen LogP contribution in [0.5, 0.6) is 11.6 Å². The SMILES string of the molecule is CCc1nn(C)c(OCc2cccc(OC)c2)c1N. The van der Waals surface area contributed by atoms with E-state index >= 15 is 0 Å². The third-order valence-electron chi connectivity index (χ3n) is 2.95. The smallest absolute Gasteiger partial charge is 0.236 e. The molecule has 2 aromatic rings. The summed E-state index contributed by atoms with van der Waals surface area (Å²) in [5, 5.41) is 4.32. The van der Waals surface area contributed by atoms with Crippen LogP contribution >= 0.6 is 0 Å². The van der Waals surface area contributed by atoms with Gasteiger partial charge in [-0.2, -0.15) is 5.10 Å². The average molecular weight is 261 g/mol. The van der Waals surface area contributed by atoms with Crippen molar-refractivity contribution in [3.63, 3.8) is 0 Å². The first kappa shape index (κ1) is 13.3. The summed E-state index contributed by atoms with van der Waals surface area (Å²) in [6, 6.07) is 7.75. The molecular formula is C14H19N3O2. The van der Waals surface area contributed by atoms with Gasteiger partial charge in [0.25, 0.3) is 0 Å². The van der Waals surface area contributed by atoms with Crippen LogP contribution in [0.15, 0.2) is 24.3 Å². The maximum Gasteiger partial charge on any atom is 0.236 e. The second-order valence-electron chi connectivity index (χ2n) is 4.28. The van der Waals surface area contributed by atoms with E-state index in [2.05, 4.69) is 5.10 Å². The molecule has 2 rings (SSSR count). The van der Waals surface area contributed by atoms with Gasteiger partial charge >= 0.3 is 0 Å². The Kier molecular flexibility index (Phi) is 3.94. The number of hydrogen-bond acceptors (Lipinski definition) is 4. The van der Waals surface area contributed by atoms with Crippen molar-refractivity contribution in [2.45, 2.75) is 20.0 Å². The summed E-state index contributed by atoms with van der Waals surface area (Å²) in [6.45, 7) is 2.45. The minimum atomic E-state index is 0.435. The van der Waals surface area contributed by atoms with Gasteiger partial charge in [0, 0.05) is 7.05 Å².